The van der Waals surface area contributed by atoms with Crippen LogP contribution in [0, 0.1) is 6.92 Å². The number of hydrogen-bond acceptors (Lipinski definition) is 3. The van der Waals surface area contributed by atoms with Crippen LogP contribution in [0.25, 0.3) is 0 Å². The van der Waals surface area contributed by atoms with E-state index in [1.54, 1.807) is 0 Å². The number of nitrogens with one attached hydrogen (secondary N) is 1. The SMILES string of the molecule is CCNC(Cc1ccc(CC)cn1)c1ccncc1C. The summed E-state index contributed by atoms with van der Waals surface area (Å²) < 4.78 is 0. The second kappa shape index (κ2) is 7.15. The Morgan fingerprint density at radius 2 is 2.00 bits per heavy atom. The number of likely N-dealkylation sites (N-methyl/N-ethyl adjacent to an activating group) is 1. The molecule has 1 unspecified atom stereocenters. The van der Waals surface area contributed by atoms with E-state index in [1.807, 2.05) is 18.6 Å². The lowest BCUT2D eigenvalue weighted by Crippen LogP contribution is -2.24. The second-order valence-corrected chi connectivity index (χ2v) is 5.06. The summed E-state index contributed by atoms with van der Waals surface area (Å²) in [5.41, 5.74) is 4.95. The number of aromatic nitrogens is 2. The summed E-state index contributed by atoms with van der Waals surface area (Å²) in [5, 5.41) is 3.55. The lowest BCUT2D eigenvalue weighted by molar-refractivity contribution is 0.541. The number of rotatable bonds is 6. The number of aryl methyl sites for hydroxylation is 2. The lowest BCUT2D eigenvalue weighted by Gasteiger charge is -2.20. The van der Waals surface area contributed by atoms with Gasteiger partial charge in [-0.1, -0.05) is 19.9 Å². The topological polar surface area (TPSA) is 37.8 Å². The first-order chi connectivity index (χ1) is 9.74. The summed E-state index contributed by atoms with van der Waals surface area (Å²) in [6.07, 6.45) is 7.71. The molecule has 0 saturated heterocycles. The Balaban J connectivity index is 2.18. The molecule has 3 heteroatoms. The third-order valence-electron chi connectivity index (χ3n) is 3.60. The van der Waals surface area contributed by atoms with Crippen molar-refractivity contribution >= 4 is 0 Å². The van der Waals surface area contributed by atoms with Crippen molar-refractivity contribution in [1.29, 1.82) is 0 Å². The maximum absolute atomic E-state index is 4.57. The molecule has 0 bridgehead atoms. The monoisotopic (exact) mass is 269 g/mol. The van der Waals surface area contributed by atoms with Crippen LogP contribution in [0.2, 0.25) is 0 Å². The Kier molecular flexibility index (Phi) is 5.24. The molecule has 2 heterocycles. The first-order valence-corrected chi connectivity index (χ1v) is 7.32. The molecule has 0 aliphatic heterocycles. The van der Waals surface area contributed by atoms with Crippen LogP contribution in [0.1, 0.15) is 42.3 Å². The van der Waals surface area contributed by atoms with Gasteiger partial charge in [0.2, 0.25) is 0 Å². The van der Waals surface area contributed by atoms with E-state index in [1.165, 1.54) is 16.7 Å². The number of pyridine rings is 2. The molecule has 2 aromatic rings. The van der Waals surface area contributed by atoms with E-state index in [2.05, 4.69) is 54.3 Å². The molecule has 0 saturated carbocycles. The molecule has 1 N–H and O–H groups in total. The van der Waals surface area contributed by atoms with Crippen LogP contribution in [0.4, 0.5) is 0 Å². The highest BCUT2D eigenvalue weighted by molar-refractivity contribution is 5.27. The van der Waals surface area contributed by atoms with Gasteiger partial charge in [0.15, 0.2) is 0 Å². The first kappa shape index (κ1) is 14.7. The molecule has 0 amide bonds. The van der Waals surface area contributed by atoms with Gasteiger partial charge in [-0.25, -0.2) is 0 Å². The number of nitrogens with zero attached hydrogens (tertiary/aromatic N) is 2. The van der Waals surface area contributed by atoms with E-state index < -0.39 is 0 Å². The molecule has 2 aromatic heterocycles. The van der Waals surface area contributed by atoms with Gasteiger partial charge in [0, 0.05) is 36.7 Å². The zero-order valence-corrected chi connectivity index (χ0v) is 12.6. The maximum atomic E-state index is 4.57. The molecule has 0 aromatic carbocycles. The smallest absolute Gasteiger partial charge is 0.0422 e. The Bertz CT molecular complexity index is 534. The minimum atomic E-state index is 0.294. The minimum absolute atomic E-state index is 0.294. The second-order valence-electron chi connectivity index (χ2n) is 5.06. The van der Waals surface area contributed by atoms with Crippen LogP contribution in [0.5, 0.6) is 0 Å². The molecule has 0 radical (unpaired) electrons. The van der Waals surface area contributed by atoms with Crippen molar-refractivity contribution in [3.8, 4) is 0 Å². The predicted molar refractivity (Wildman–Crippen MR) is 82.7 cm³/mol. The molecule has 20 heavy (non-hydrogen) atoms. The highest BCUT2D eigenvalue weighted by atomic mass is 14.9. The fraction of sp³-hybridized carbons (Fsp3) is 0.412. The molecule has 0 fully saturated rings. The van der Waals surface area contributed by atoms with Crippen LogP contribution in [-0.2, 0) is 12.8 Å². The largest absolute Gasteiger partial charge is 0.310 e. The van der Waals surface area contributed by atoms with Gasteiger partial charge in [0.05, 0.1) is 0 Å². The summed E-state index contributed by atoms with van der Waals surface area (Å²) in [5.74, 6) is 0. The molecule has 0 aliphatic rings. The van der Waals surface area contributed by atoms with E-state index >= 15 is 0 Å². The van der Waals surface area contributed by atoms with Crippen molar-refractivity contribution in [2.75, 3.05) is 6.54 Å². The van der Waals surface area contributed by atoms with Gasteiger partial charge in [0.25, 0.3) is 0 Å². The summed E-state index contributed by atoms with van der Waals surface area (Å²) >= 11 is 0. The van der Waals surface area contributed by atoms with Crippen molar-refractivity contribution < 1.29 is 0 Å². The summed E-state index contributed by atoms with van der Waals surface area (Å²) in [4.78, 5) is 8.74. The van der Waals surface area contributed by atoms with E-state index in [9.17, 15) is 0 Å². The van der Waals surface area contributed by atoms with Gasteiger partial charge >= 0.3 is 0 Å². The zero-order chi connectivity index (χ0) is 14.4. The van der Waals surface area contributed by atoms with Crippen molar-refractivity contribution in [1.82, 2.24) is 15.3 Å². The van der Waals surface area contributed by atoms with Gasteiger partial charge in [-0.3, -0.25) is 9.97 Å². The Morgan fingerprint density at radius 1 is 1.15 bits per heavy atom. The first-order valence-electron chi connectivity index (χ1n) is 7.32. The van der Waals surface area contributed by atoms with Gasteiger partial charge in [-0.2, -0.15) is 0 Å². The standard InChI is InChI=1S/C17H23N3/c1-4-14-6-7-15(20-12-14)10-17(19-5-2)16-8-9-18-11-13(16)3/h6-9,11-12,17,19H,4-5,10H2,1-3H3. The lowest BCUT2D eigenvalue weighted by atomic mass is 9.98. The quantitative estimate of drug-likeness (QED) is 0.875. The highest BCUT2D eigenvalue weighted by Crippen LogP contribution is 2.20. The minimum Gasteiger partial charge on any atom is -0.310 e. The molecule has 1 atom stereocenters. The van der Waals surface area contributed by atoms with Crippen LogP contribution in [0.3, 0.4) is 0 Å². The van der Waals surface area contributed by atoms with Gasteiger partial charge in [-0.15, -0.1) is 0 Å². The number of hydrogen-bond donors (Lipinski definition) is 1. The van der Waals surface area contributed by atoms with Crippen molar-refractivity contribution in [3.05, 3.63) is 59.2 Å². The Morgan fingerprint density at radius 3 is 2.60 bits per heavy atom. The zero-order valence-electron chi connectivity index (χ0n) is 12.6. The predicted octanol–water partition coefficient (Wildman–Crippen LogP) is 3.24. The third-order valence-corrected chi connectivity index (χ3v) is 3.60. The Hall–Kier alpha value is -1.74. The Labute approximate surface area is 121 Å². The maximum Gasteiger partial charge on any atom is 0.0422 e. The highest BCUT2D eigenvalue weighted by Gasteiger charge is 2.14. The normalized spacial score (nSPS) is 12.3. The van der Waals surface area contributed by atoms with Crippen molar-refractivity contribution in [2.24, 2.45) is 0 Å². The molecular weight excluding hydrogens is 246 g/mol. The fourth-order valence-corrected chi connectivity index (χ4v) is 2.41. The molecule has 0 aliphatic carbocycles. The van der Waals surface area contributed by atoms with Gasteiger partial charge in [-0.05, 0) is 48.7 Å². The van der Waals surface area contributed by atoms with E-state index in [4.69, 9.17) is 0 Å². The average Bonchev–Trinajstić information content (AvgIpc) is 2.48. The van der Waals surface area contributed by atoms with Crippen LogP contribution in [0.15, 0.2) is 36.8 Å². The summed E-state index contributed by atoms with van der Waals surface area (Å²) in [6, 6.07) is 6.70. The van der Waals surface area contributed by atoms with Crippen LogP contribution < -0.4 is 5.32 Å². The molecule has 0 spiro atoms. The van der Waals surface area contributed by atoms with E-state index in [0.29, 0.717) is 6.04 Å². The van der Waals surface area contributed by atoms with Crippen LogP contribution in [-0.4, -0.2) is 16.5 Å². The summed E-state index contributed by atoms with van der Waals surface area (Å²) in [7, 11) is 0. The van der Waals surface area contributed by atoms with E-state index in [0.717, 1.165) is 25.1 Å². The van der Waals surface area contributed by atoms with Gasteiger partial charge < -0.3 is 5.32 Å². The molecule has 3 nitrogen and oxygen atoms in total. The third kappa shape index (κ3) is 3.64. The average molecular weight is 269 g/mol. The molecule has 2 rings (SSSR count). The van der Waals surface area contributed by atoms with Crippen LogP contribution >= 0.6 is 0 Å². The molecule has 106 valence electrons. The van der Waals surface area contributed by atoms with E-state index in [-0.39, 0.29) is 0 Å². The molecular formula is C17H23N3. The van der Waals surface area contributed by atoms with Gasteiger partial charge in [0.1, 0.15) is 0 Å². The van der Waals surface area contributed by atoms with Crippen molar-refractivity contribution in [2.45, 2.75) is 39.7 Å². The van der Waals surface area contributed by atoms with Crippen molar-refractivity contribution in [3.63, 3.8) is 0 Å². The summed E-state index contributed by atoms with van der Waals surface area (Å²) in [6.45, 7) is 7.34. The fourth-order valence-electron chi connectivity index (χ4n) is 2.41.